The first-order chi connectivity index (χ1) is 15.0. The Morgan fingerprint density at radius 2 is 1.78 bits per heavy atom. The number of methoxy groups -OCH3 is 1. The van der Waals surface area contributed by atoms with E-state index in [-0.39, 0.29) is 23.8 Å². The topological polar surface area (TPSA) is 94.8 Å². The van der Waals surface area contributed by atoms with Crippen LogP contribution in [0.2, 0.25) is 0 Å². The molecule has 3 rings (SSSR count). The number of amides is 1. The van der Waals surface area contributed by atoms with Crippen molar-refractivity contribution in [2.75, 3.05) is 7.11 Å². The first kappa shape index (κ1) is 23.9. The fourth-order valence-corrected chi connectivity index (χ4v) is 5.49. The molecule has 0 saturated carbocycles. The highest BCUT2D eigenvalue weighted by Gasteiger charge is 2.19. The highest BCUT2D eigenvalue weighted by molar-refractivity contribution is 7.92. The van der Waals surface area contributed by atoms with Gasteiger partial charge in [0, 0.05) is 0 Å². The summed E-state index contributed by atoms with van der Waals surface area (Å²) in [6.45, 7) is 7.16. The number of esters is 1. The Bertz CT molecular complexity index is 1350. The van der Waals surface area contributed by atoms with Gasteiger partial charge in [-0.3, -0.25) is 9.59 Å². The van der Waals surface area contributed by atoms with Gasteiger partial charge in [-0.2, -0.15) is 4.99 Å². The average Bonchev–Trinajstić information content (AvgIpc) is 3.05. The van der Waals surface area contributed by atoms with Crippen LogP contribution in [0.5, 0.6) is 0 Å². The van der Waals surface area contributed by atoms with E-state index in [1.165, 1.54) is 30.6 Å². The van der Waals surface area contributed by atoms with Crippen molar-refractivity contribution in [2.24, 2.45) is 4.99 Å². The van der Waals surface area contributed by atoms with Crippen molar-refractivity contribution in [3.8, 4) is 0 Å². The van der Waals surface area contributed by atoms with Gasteiger partial charge in [0.15, 0.2) is 14.6 Å². The number of thiazole rings is 1. The van der Waals surface area contributed by atoms with Crippen LogP contribution in [0.25, 0.3) is 10.2 Å². The van der Waals surface area contributed by atoms with Crippen molar-refractivity contribution >= 4 is 43.3 Å². The summed E-state index contributed by atoms with van der Waals surface area (Å²) in [6, 6.07) is 10.3. The van der Waals surface area contributed by atoms with Crippen molar-refractivity contribution < 1.29 is 22.7 Å². The first-order valence-corrected chi connectivity index (χ1v) is 12.5. The number of aryl methyl sites for hydroxylation is 2. The standard InChI is InChI=1S/C23H26N2O5S2/c1-14(2)32(28,29)18-8-6-17(7-9-18)12-20(26)24-23-25(13-21(27)30-5)19-11-15(3)10-16(4)22(19)31-23/h6-11,14H,12-13H2,1-5H3. The molecule has 1 amide bonds. The predicted octanol–water partition coefficient (Wildman–Crippen LogP) is 3.34. The van der Waals surface area contributed by atoms with Gasteiger partial charge in [0.1, 0.15) is 6.54 Å². The molecule has 0 N–H and O–H groups in total. The normalized spacial score (nSPS) is 12.5. The first-order valence-electron chi connectivity index (χ1n) is 10.1. The van der Waals surface area contributed by atoms with E-state index in [9.17, 15) is 18.0 Å². The molecule has 0 saturated heterocycles. The molecule has 3 aromatic rings. The van der Waals surface area contributed by atoms with Crippen molar-refractivity contribution in [3.05, 3.63) is 57.9 Å². The van der Waals surface area contributed by atoms with Crippen LogP contribution in [0.4, 0.5) is 0 Å². The monoisotopic (exact) mass is 474 g/mol. The molecule has 2 aromatic carbocycles. The second-order valence-corrected chi connectivity index (χ2v) is 11.4. The number of carbonyl (C=O) groups excluding carboxylic acids is 2. The molecule has 0 radical (unpaired) electrons. The lowest BCUT2D eigenvalue weighted by Gasteiger charge is -2.08. The summed E-state index contributed by atoms with van der Waals surface area (Å²) in [4.78, 5) is 29.6. The van der Waals surface area contributed by atoms with Crippen molar-refractivity contribution in [3.63, 3.8) is 0 Å². The lowest BCUT2D eigenvalue weighted by molar-refractivity contribution is -0.141. The maximum absolute atomic E-state index is 12.7. The number of sulfone groups is 1. The molecule has 1 heterocycles. The van der Waals surface area contributed by atoms with Crippen LogP contribution in [0.3, 0.4) is 0 Å². The summed E-state index contributed by atoms with van der Waals surface area (Å²) in [5.74, 6) is -0.816. The fraction of sp³-hybridized carbons (Fsp3) is 0.348. The van der Waals surface area contributed by atoms with Crippen LogP contribution in [0, 0.1) is 13.8 Å². The average molecular weight is 475 g/mol. The third-order valence-corrected chi connectivity index (χ3v) is 8.48. The van der Waals surface area contributed by atoms with Crippen LogP contribution in [-0.4, -0.2) is 37.2 Å². The maximum Gasteiger partial charge on any atom is 0.325 e. The van der Waals surface area contributed by atoms with E-state index >= 15 is 0 Å². The summed E-state index contributed by atoms with van der Waals surface area (Å²) < 4.78 is 32.0. The molecule has 0 aliphatic rings. The summed E-state index contributed by atoms with van der Waals surface area (Å²) in [5, 5.41) is -0.518. The molecule has 0 bridgehead atoms. The van der Waals surface area contributed by atoms with Crippen molar-refractivity contribution in [2.45, 2.75) is 50.8 Å². The zero-order chi connectivity index (χ0) is 23.6. The Hall–Kier alpha value is -2.78. The molecule has 0 fully saturated rings. The van der Waals surface area contributed by atoms with Gasteiger partial charge in [-0.25, -0.2) is 8.42 Å². The SMILES string of the molecule is COC(=O)Cn1c(=NC(=O)Cc2ccc(S(=O)(=O)C(C)C)cc2)sc2c(C)cc(C)cc21. The molecular weight excluding hydrogens is 448 g/mol. The van der Waals surface area contributed by atoms with Crippen LogP contribution < -0.4 is 4.80 Å². The van der Waals surface area contributed by atoms with Gasteiger partial charge in [0.2, 0.25) is 0 Å². The second-order valence-electron chi connectivity index (χ2n) is 7.90. The number of ether oxygens (including phenoxy) is 1. The summed E-state index contributed by atoms with van der Waals surface area (Å²) in [7, 11) is -2.05. The van der Waals surface area contributed by atoms with Crippen LogP contribution >= 0.6 is 11.3 Å². The Morgan fingerprint density at radius 1 is 1.12 bits per heavy atom. The molecule has 32 heavy (non-hydrogen) atoms. The number of rotatable bonds is 6. The zero-order valence-electron chi connectivity index (χ0n) is 18.7. The summed E-state index contributed by atoms with van der Waals surface area (Å²) in [6.07, 6.45) is 0.0203. The number of carbonyl (C=O) groups is 2. The van der Waals surface area contributed by atoms with Crippen molar-refractivity contribution in [1.29, 1.82) is 0 Å². The van der Waals surface area contributed by atoms with Gasteiger partial charge in [-0.15, -0.1) is 0 Å². The van der Waals surface area contributed by atoms with Crippen LogP contribution in [0.15, 0.2) is 46.3 Å². The molecule has 0 atom stereocenters. The Kier molecular flexibility index (Phi) is 7.00. The number of benzene rings is 2. The van der Waals surface area contributed by atoms with Gasteiger partial charge in [0.25, 0.3) is 5.91 Å². The minimum atomic E-state index is -3.37. The molecule has 0 spiro atoms. The van der Waals surface area contributed by atoms with E-state index in [1.807, 2.05) is 26.0 Å². The molecule has 0 aliphatic heterocycles. The molecule has 1 aromatic heterocycles. The highest BCUT2D eigenvalue weighted by Crippen LogP contribution is 2.23. The third-order valence-electron chi connectivity index (χ3n) is 5.08. The predicted molar refractivity (Wildman–Crippen MR) is 124 cm³/mol. The fourth-order valence-electron chi connectivity index (χ4n) is 3.33. The molecule has 170 valence electrons. The lowest BCUT2D eigenvalue weighted by atomic mass is 10.1. The van der Waals surface area contributed by atoms with Gasteiger partial charge in [0.05, 0.1) is 33.9 Å². The van der Waals surface area contributed by atoms with E-state index in [1.54, 1.807) is 30.5 Å². The maximum atomic E-state index is 12.7. The van der Waals surface area contributed by atoms with E-state index in [0.717, 1.165) is 21.3 Å². The second kappa shape index (κ2) is 9.38. The van der Waals surface area contributed by atoms with E-state index in [4.69, 9.17) is 4.74 Å². The van der Waals surface area contributed by atoms with E-state index in [2.05, 4.69) is 4.99 Å². The van der Waals surface area contributed by atoms with Crippen LogP contribution in [-0.2, 0) is 37.1 Å². The minimum absolute atomic E-state index is 0.0203. The number of fused-ring (bicyclic) bond motifs is 1. The lowest BCUT2D eigenvalue weighted by Crippen LogP contribution is -2.22. The molecule has 9 heteroatoms. The largest absolute Gasteiger partial charge is 0.468 e. The quantitative estimate of drug-likeness (QED) is 0.511. The number of hydrogen-bond acceptors (Lipinski definition) is 6. The Balaban J connectivity index is 1.96. The molecule has 0 unspecified atom stereocenters. The number of nitrogens with zero attached hydrogens (tertiary/aromatic N) is 2. The third kappa shape index (κ3) is 4.99. The van der Waals surface area contributed by atoms with Gasteiger partial charge in [-0.1, -0.05) is 29.5 Å². The van der Waals surface area contributed by atoms with E-state index < -0.39 is 21.1 Å². The number of aromatic nitrogens is 1. The minimum Gasteiger partial charge on any atom is -0.468 e. The van der Waals surface area contributed by atoms with Crippen molar-refractivity contribution in [1.82, 2.24) is 4.57 Å². The Labute approximate surface area is 191 Å². The zero-order valence-corrected chi connectivity index (χ0v) is 20.3. The molecular formula is C23H26N2O5S2. The Morgan fingerprint density at radius 3 is 2.38 bits per heavy atom. The smallest absolute Gasteiger partial charge is 0.325 e. The van der Waals surface area contributed by atoms with Crippen LogP contribution in [0.1, 0.15) is 30.5 Å². The molecule has 7 nitrogen and oxygen atoms in total. The summed E-state index contributed by atoms with van der Waals surface area (Å²) in [5.41, 5.74) is 3.57. The summed E-state index contributed by atoms with van der Waals surface area (Å²) >= 11 is 1.35. The highest BCUT2D eigenvalue weighted by atomic mass is 32.2. The van der Waals surface area contributed by atoms with Gasteiger partial charge in [-0.05, 0) is 62.6 Å². The molecule has 0 aliphatic carbocycles. The number of hydrogen-bond donors (Lipinski definition) is 0. The van der Waals surface area contributed by atoms with Gasteiger partial charge >= 0.3 is 5.97 Å². The van der Waals surface area contributed by atoms with Gasteiger partial charge < -0.3 is 9.30 Å². The van der Waals surface area contributed by atoms with E-state index in [0.29, 0.717) is 10.4 Å².